The van der Waals surface area contributed by atoms with Crippen molar-refractivity contribution in [2.45, 2.75) is 76.7 Å². The monoisotopic (exact) mass is 289 g/mol. The first-order valence-electron chi connectivity index (χ1n) is 8.79. The zero-order chi connectivity index (χ0) is 14.8. The molecule has 0 amide bonds. The van der Waals surface area contributed by atoms with Crippen LogP contribution in [0.3, 0.4) is 0 Å². The Labute approximate surface area is 130 Å². The maximum Gasteiger partial charge on any atom is 0.141 e. The van der Waals surface area contributed by atoms with Gasteiger partial charge in [0, 0.05) is 6.04 Å². The molecule has 0 radical (unpaired) electrons. The summed E-state index contributed by atoms with van der Waals surface area (Å²) >= 11 is 0. The molecule has 118 valence electrons. The molecule has 1 saturated carbocycles. The van der Waals surface area contributed by atoms with Crippen LogP contribution in [0.5, 0.6) is 5.75 Å². The van der Waals surface area contributed by atoms with Gasteiger partial charge in [0.15, 0.2) is 0 Å². The zero-order valence-electron chi connectivity index (χ0n) is 13.6. The molecule has 1 aliphatic rings. The smallest absolute Gasteiger partial charge is 0.141 e. The Morgan fingerprint density at radius 2 is 1.33 bits per heavy atom. The molecule has 0 unspecified atom stereocenters. The van der Waals surface area contributed by atoms with Gasteiger partial charge in [0.05, 0.1) is 12.8 Å². The normalized spacial score (nSPS) is 19.3. The van der Waals surface area contributed by atoms with Crippen LogP contribution in [0.15, 0.2) is 24.3 Å². The molecular formula is C19H31NO. The van der Waals surface area contributed by atoms with E-state index in [1.165, 1.54) is 70.6 Å². The Morgan fingerprint density at radius 3 is 1.90 bits per heavy atom. The summed E-state index contributed by atoms with van der Waals surface area (Å²) in [5, 5.41) is 3.73. The van der Waals surface area contributed by atoms with Crippen molar-refractivity contribution in [3.8, 4) is 5.75 Å². The molecule has 0 atom stereocenters. The average molecular weight is 289 g/mol. The predicted molar refractivity (Wildman–Crippen MR) is 91.2 cm³/mol. The standard InChI is InChI=1S/C19H31NO/c1-21-19-16-12-11-15-18(19)20-17-13-9-7-5-3-2-4-6-8-10-14-17/h11-12,15-17,20H,2-10,13-14H2,1H3. The van der Waals surface area contributed by atoms with Crippen LogP contribution in [0, 0.1) is 0 Å². The van der Waals surface area contributed by atoms with Gasteiger partial charge in [0.2, 0.25) is 0 Å². The third-order valence-electron chi connectivity index (χ3n) is 4.57. The van der Waals surface area contributed by atoms with Gasteiger partial charge in [-0.2, -0.15) is 0 Å². The van der Waals surface area contributed by atoms with Gasteiger partial charge in [-0.1, -0.05) is 69.9 Å². The molecule has 0 heterocycles. The van der Waals surface area contributed by atoms with Gasteiger partial charge in [0.1, 0.15) is 5.75 Å². The highest BCUT2D eigenvalue weighted by molar-refractivity contribution is 5.56. The summed E-state index contributed by atoms with van der Waals surface area (Å²) in [6, 6.07) is 8.89. The minimum Gasteiger partial charge on any atom is -0.495 e. The third-order valence-corrected chi connectivity index (χ3v) is 4.57. The molecule has 21 heavy (non-hydrogen) atoms. The SMILES string of the molecule is COc1ccccc1NC1CCCCCCCCCCC1. The topological polar surface area (TPSA) is 21.3 Å². The number of benzene rings is 1. The van der Waals surface area contributed by atoms with Crippen LogP contribution in [-0.4, -0.2) is 13.2 Å². The minimum absolute atomic E-state index is 0.598. The van der Waals surface area contributed by atoms with Gasteiger partial charge in [-0.05, 0) is 25.0 Å². The molecule has 1 aliphatic carbocycles. The lowest BCUT2D eigenvalue weighted by atomic mass is 9.97. The van der Waals surface area contributed by atoms with Gasteiger partial charge in [0.25, 0.3) is 0 Å². The molecule has 0 saturated heterocycles. The molecule has 0 bridgehead atoms. The summed E-state index contributed by atoms with van der Waals surface area (Å²) in [6.07, 6.45) is 15.2. The fraction of sp³-hybridized carbons (Fsp3) is 0.684. The van der Waals surface area contributed by atoms with Crippen LogP contribution < -0.4 is 10.1 Å². The van der Waals surface area contributed by atoms with Crippen LogP contribution in [0.1, 0.15) is 70.6 Å². The molecule has 1 fully saturated rings. The molecule has 2 rings (SSSR count). The van der Waals surface area contributed by atoms with Crippen molar-refractivity contribution >= 4 is 5.69 Å². The Kier molecular flexibility index (Phi) is 7.48. The summed E-state index contributed by atoms with van der Waals surface area (Å²) < 4.78 is 5.46. The van der Waals surface area contributed by atoms with Crippen molar-refractivity contribution in [2.75, 3.05) is 12.4 Å². The number of hydrogen-bond acceptors (Lipinski definition) is 2. The lowest BCUT2D eigenvalue weighted by Gasteiger charge is -2.22. The Balaban J connectivity index is 1.90. The maximum atomic E-state index is 5.46. The second-order valence-electron chi connectivity index (χ2n) is 6.30. The number of ether oxygens (including phenoxy) is 1. The summed E-state index contributed by atoms with van der Waals surface area (Å²) in [4.78, 5) is 0. The number of para-hydroxylation sites is 2. The second-order valence-corrected chi connectivity index (χ2v) is 6.30. The third kappa shape index (κ3) is 5.99. The predicted octanol–water partition coefficient (Wildman–Crippen LogP) is 5.78. The van der Waals surface area contributed by atoms with Crippen molar-refractivity contribution < 1.29 is 4.74 Å². The van der Waals surface area contributed by atoms with Gasteiger partial charge in [-0.3, -0.25) is 0 Å². The molecule has 1 N–H and O–H groups in total. The molecular weight excluding hydrogens is 258 g/mol. The van der Waals surface area contributed by atoms with E-state index in [1.54, 1.807) is 7.11 Å². The van der Waals surface area contributed by atoms with E-state index in [2.05, 4.69) is 17.4 Å². The first-order chi connectivity index (χ1) is 10.4. The molecule has 0 aliphatic heterocycles. The van der Waals surface area contributed by atoms with Crippen molar-refractivity contribution in [1.82, 2.24) is 0 Å². The molecule has 1 aromatic rings. The van der Waals surface area contributed by atoms with E-state index < -0.39 is 0 Å². The maximum absolute atomic E-state index is 5.46. The molecule has 0 spiro atoms. The van der Waals surface area contributed by atoms with Crippen LogP contribution in [0.4, 0.5) is 5.69 Å². The zero-order valence-corrected chi connectivity index (χ0v) is 13.6. The van der Waals surface area contributed by atoms with Crippen LogP contribution >= 0.6 is 0 Å². The molecule has 1 aromatic carbocycles. The minimum atomic E-state index is 0.598. The largest absolute Gasteiger partial charge is 0.495 e. The van der Waals surface area contributed by atoms with Gasteiger partial charge in [-0.25, -0.2) is 0 Å². The lowest BCUT2D eigenvalue weighted by Crippen LogP contribution is -2.20. The average Bonchev–Trinajstić information content (AvgIpc) is 2.50. The lowest BCUT2D eigenvalue weighted by molar-refractivity contribution is 0.414. The van der Waals surface area contributed by atoms with E-state index in [0.29, 0.717) is 6.04 Å². The van der Waals surface area contributed by atoms with E-state index in [0.717, 1.165) is 11.4 Å². The van der Waals surface area contributed by atoms with Crippen molar-refractivity contribution in [2.24, 2.45) is 0 Å². The van der Waals surface area contributed by atoms with Gasteiger partial charge in [-0.15, -0.1) is 0 Å². The Morgan fingerprint density at radius 1 is 0.810 bits per heavy atom. The quantitative estimate of drug-likeness (QED) is 0.761. The molecule has 2 nitrogen and oxygen atoms in total. The number of rotatable bonds is 3. The van der Waals surface area contributed by atoms with E-state index in [1.807, 2.05) is 12.1 Å². The van der Waals surface area contributed by atoms with Crippen molar-refractivity contribution in [3.05, 3.63) is 24.3 Å². The van der Waals surface area contributed by atoms with Crippen molar-refractivity contribution in [3.63, 3.8) is 0 Å². The summed E-state index contributed by atoms with van der Waals surface area (Å²) in [6.45, 7) is 0. The van der Waals surface area contributed by atoms with Crippen molar-refractivity contribution in [1.29, 1.82) is 0 Å². The number of hydrogen-bond donors (Lipinski definition) is 1. The second kappa shape index (κ2) is 9.70. The number of anilines is 1. The molecule has 0 aromatic heterocycles. The number of methoxy groups -OCH3 is 1. The highest BCUT2D eigenvalue weighted by Gasteiger charge is 2.11. The number of nitrogens with one attached hydrogen (secondary N) is 1. The van der Waals surface area contributed by atoms with E-state index in [9.17, 15) is 0 Å². The highest BCUT2D eigenvalue weighted by Crippen LogP contribution is 2.26. The van der Waals surface area contributed by atoms with Crippen LogP contribution in [0.25, 0.3) is 0 Å². The summed E-state index contributed by atoms with van der Waals surface area (Å²) in [5.74, 6) is 0.962. The van der Waals surface area contributed by atoms with Gasteiger partial charge >= 0.3 is 0 Å². The van der Waals surface area contributed by atoms with Crippen LogP contribution in [-0.2, 0) is 0 Å². The van der Waals surface area contributed by atoms with Gasteiger partial charge < -0.3 is 10.1 Å². The van der Waals surface area contributed by atoms with E-state index in [-0.39, 0.29) is 0 Å². The van der Waals surface area contributed by atoms with Crippen LogP contribution in [0.2, 0.25) is 0 Å². The first kappa shape index (κ1) is 16.2. The van der Waals surface area contributed by atoms with E-state index >= 15 is 0 Å². The Hall–Kier alpha value is -1.18. The first-order valence-corrected chi connectivity index (χ1v) is 8.79. The summed E-state index contributed by atoms with van der Waals surface area (Å²) in [5.41, 5.74) is 1.15. The fourth-order valence-corrected chi connectivity index (χ4v) is 3.29. The Bertz CT molecular complexity index is 379. The summed E-state index contributed by atoms with van der Waals surface area (Å²) in [7, 11) is 1.75. The molecule has 2 heteroatoms. The van der Waals surface area contributed by atoms with E-state index in [4.69, 9.17) is 4.74 Å². The highest BCUT2D eigenvalue weighted by atomic mass is 16.5. The fourth-order valence-electron chi connectivity index (χ4n) is 3.29.